The molecule has 0 saturated heterocycles. The summed E-state index contributed by atoms with van der Waals surface area (Å²) in [4.78, 5) is 12.2. The lowest BCUT2D eigenvalue weighted by Gasteiger charge is -2.16. The molecule has 0 spiro atoms. The minimum absolute atomic E-state index is 0.108. The molecule has 1 aromatic carbocycles. The Morgan fingerprint density at radius 1 is 1.22 bits per heavy atom. The number of carbonyl (C=O) groups is 1. The molecule has 0 radical (unpaired) electrons. The maximum atomic E-state index is 12.1. The smallest absolute Gasteiger partial charge is 0.335 e. The van der Waals surface area contributed by atoms with Gasteiger partial charge in [0.2, 0.25) is 0 Å². The molecule has 2 aliphatic rings. The zero-order valence-corrected chi connectivity index (χ0v) is 13.1. The number of carbonyl (C=O) groups excluding carboxylic acids is 1. The number of sulfonamides is 1. The van der Waals surface area contributed by atoms with Crippen LogP contribution in [0.2, 0.25) is 0 Å². The van der Waals surface area contributed by atoms with E-state index in [1.54, 1.807) is 12.2 Å². The fraction of sp³-hybridized carbons (Fsp3) is 0.176. The molecule has 118 valence electrons. The molecule has 0 amide bonds. The van der Waals surface area contributed by atoms with E-state index in [-0.39, 0.29) is 23.4 Å². The highest BCUT2D eigenvalue weighted by atomic mass is 32.2. The lowest BCUT2D eigenvalue weighted by Crippen LogP contribution is -2.12. The van der Waals surface area contributed by atoms with Gasteiger partial charge in [0.1, 0.15) is 6.61 Å². The van der Waals surface area contributed by atoms with Crippen LogP contribution in [0.4, 0.5) is 0 Å². The first-order valence-corrected chi connectivity index (χ1v) is 8.54. The van der Waals surface area contributed by atoms with Gasteiger partial charge in [-0.25, -0.2) is 4.79 Å². The second kappa shape index (κ2) is 5.96. The number of nitrogens with zero attached hydrogens (tertiary/aromatic N) is 1. The van der Waals surface area contributed by atoms with Crippen LogP contribution in [0.3, 0.4) is 0 Å². The number of esters is 1. The van der Waals surface area contributed by atoms with Crippen LogP contribution in [0, 0.1) is 5.92 Å². The minimum Gasteiger partial charge on any atom is -0.457 e. The number of allylic oxidation sites excluding steroid dienone is 3. The lowest BCUT2D eigenvalue weighted by molar-refractivity contribution is -0.136. The van der Waals surface area contributed by atoms with Crippen LogP contribution in [0.15, 0.2) is 63.4 Å². The molecule has 5 nitrogen and oxygen atoms in total. The van der Waals surface area contributed by atoms with Gasteiger partial charge < -0.3 is 4.74 Å². The van der Waals surface area contributed by atoms with Gasteiger partial charge in [-0.1, -0.05) is 42.5 Å². The van der Waals surface area contributed by atoms with Gasteiger partial charge in [0, 0.05) is 18.2 Å². The van der Waals surface area contributed by atoms with Gasteiger partial charge in [-0.3, -0.25) is 0 Å². The SMILES string of the molecule is C=NS(=O)(=O)C1=CCC(C2=C(c3ccccc3)COC2=O)C=C1. The molecule has 1 aliphatic carbocycles. The largest absolute Gasteiger partial charge is 0.457 e. The van der Waals surface area contributed by atoms with Crippen LogP contribution in [-0.4, -0.2) is 27.7 Å². The molecule has 0 N–H and O–H groups in total. The average Bonchev–Trinajstić information content (AvgIpc) is 2.97. The summed E-state index contributed by atoms with van der Waals surface area (Å²) in [5.41, 5.74) is 2.38. The van der Waals surface area contributed by atoms with Crippen LogP contribution in [0.1, 0.15) is 12.0 Å². The van der Waals surface area contributed by atoms with Gasteiger partial charge in [-0.2, -0.15) is 12.8 Å². The minimum atomic E-state index is -3.69. The molecule has 0 saturated carbocycles. The van der Waals surface area contributed by atoms with Crippen molar-refractivity contribution in [2.75, 3.05) is 6.61 Å². The molecule has 0 fully saturated rings. The van der Waals surface area contributed by atoms with Crippen molar-refractivity contribution in [3.8, 4) is 0 Å². The van der Waals surface area contributed by atoms with Gasteiger partial charge in [0.15, 0.2) is 0 Å². The van der Waals surface area contributed by atoms with Crippen molar-refractivity contribution in [3.05, 3.63) is 64.6 Å². The lowest BCUT2D eigenvalue weighted by atomic mass is 9.88. The van der Waals surface area contributed by atoms with Crippen LogP contribution in [0.5, 0.6) is 0 Å². The van der Waals surface area contributed by atoms with Crippen LogP contribution in [0.25, 0.3) is 5.57 Å². The number of hydrogen-bond acceptors (Lipinski definition) is 4. The predicted molar refractivity (Wildman–Crippen MR) is 88.1 cm³/mol. The summed E-state index contributed by atoms with van der Waals surface area (Å²) in [7, 11) is -3.69. The first kappa shape index (κ1) is 15.4. The summed E-state index contributed by atoms with van der Waals surface area (Å²) in [5.74, 6) is -0.552. The molecular weight excluding hydrogens is 314 g/mol. The highest BCUT2D eigenvalue weighted by molar-refractivity contribution is 7.94. The Labute approximate surface area is 134 Å². The summed E-state index contributed by atoms with van der Waals surface area (Å²) in [5, 5.41) is 0. The second-order valence-corrected chi connectivity index (χ2v) is 6.93. The predicted octanol–water partition coefficient (Wildman–Crippen LogP) is 2.49. The molecule has 1 aliphatic heterocycles. The summed E-state index contributed by atoms with van der Waals surface area (Å²) >= 11 is 0. The average molecular weight is 329 g/mol. The normalized spacial score (nSPS) is 21.1. The van der Waals surface area contributed by atoms with Crippen molar-refractivity contribution >= 4 is 28.3 Å². The highest BCUT2D eigenvalue weighted by Gasteiger charge is 2.32. The standard InChI is InChI=1S/C17H15NO4S/c1-18-23(20,21)14-9-7-13(8-10-14)16-15(11-22-17(16)19)12-5-3-2-4-6-12/h2-7,9-10,13H,1,8,11H2. The van der Waals surface area contributed by atoms with E-state index >= 15 is 0 Å². The van der Waals surface area contributed by atoms with Crippen LogP contribution >= 0.6 is 0 Å². The molecule has 1 unspecified atom stereocenters. The first-order chi connectivity index (χ1) is 11.0. The van der Waals surface area contributed by atoms with E-state index < -0.39 is 10.0 Å². The van der Waals surface area contributed by atoms with Crippen molar-refractivity contribution in [1.82, 2.24) is 0 Å². The van der Waals surface area contributed by atoms with E-state index in [2.05, 4.69) is 11.1 Å². The molecule has 1 atom stereocenters. The summed E-state index contributed by atoms with van der Waals surface area (Å²) < 4.78 is 31.7. The molecule has 0 bridgehead atoms. The number of benzene rings is 1. The molecule has 23 heavy (non-hydrogen) atoms. The van der Waals surface area contributed by atoms with E-state index in [0.29, 0.717) is 12.0 Å². The van der Waals surface area contributed by atoms with Gasteiger partial charge in [-0.15, -0.1) is 0 Å². The highest BCUT2D eigenvalue weighted by Crippen LogP contribution is 2.35. The zero-order chi connectivity index (χ0) is 16.4. The third-order valence-corrected chi connectivity index (χ3v) is 5.16. The number of rotatable bonds is 4. The monoisotopic (exact) mass is 329 g/mol. The van der Waals surface area contributed by atoms with Crippen molar-refractivity contribution in [2.24, 2.45) is 10.3 Å². The van der Waals surface area contributed by atoms with E-state index in [1.165, 1.54) is 6.08 Å². The van der Waals surface area contributed by atoms with E-state index in [0.717, 1.165) is 11.1 Å². The Bertz CT molecular complexity index is 848. The Morgan fingerprint density at radius 2 is 1.96 bits per heavy atom. The van der Waals surface area contributed by atoms with Crippen LogP contribution in [-0.2, 0) is 19.6 Å². The van der Waals surface area contributed by atoms with Crippen LogP contribution < -0.4 is 0 Å². The summed E-state index contributed by atoms with van der Waals surface area (Å²) in [6.45, 7) is 3.31. The number of ether oxygens (including phenoxy) is 1. The quantitative estimate of drug-likeness (QED) is 0.628. The third kappa shape index (κ3) is 2.90. The molecular formula is C17H15NO4S. The maximum absolute atomic E-state index is 12.1. The molecule has 0 aromatic heterocycles. The second-order valence-electron chi connectivity index (χ2n) is 5.25. The molecule has 1 aromatic rings. The van der Waals surface area contributed by atoms with Gasteiger partial charge >= 0.3 is 5.97 Å². The van der Waals surface area contributed by atoms with Crippen molar-refractivity contribution in [2.45, 2.75) is 6.42 Å². The number of cyclic esters (lactones) is 1. The van der Waals surface area contributed by atoms with Gasteiger partial charge in [-0.05, 0) is 18.1 Å². The van der Waals surface area contributed by atoms with Gasteiger partial charge in [0.25, 0.3) is 10.0 Å². The zero-order valence-electron chi connectivity index (χ0n) is 12.3. The summed E-state index contributed by atoms with van der Waals surface area (Å²) in [6, 6.07) is 9.57. The molecule has 3 rings (SSSR count). The van der Waals surface area contributed by atoms with E-state index in [1.807, 2.05) is 30.3 Å². The maximum Gasteiger partial charge on any atom is 0.335 e. The summed E-state index contributed by atoms with van der Waals surface area (Å²) in [6.07, 6.45) is 5.15. The Morgan fingerprint density at radius 3 is 2.57 bits per heavy atom. The number of hydrogen-bond donors (Lipinski definition) is 0. The topological polar surface area (TPSA) is 72.8 Å². The Kier molecular flexibility index (Phi) is 4.00. The molecule has 1 heterocycles. The van der Waals surface area contributed by atoms with Crippen molar-refractivity contribution < 1.29 is 17.9 Å². The van der Waals surface area contributed by atoms with Crippen molar-refractivity contribution in [1.29, 1.82) is 0 Å². The van der Waals surface area contributed by atoms with Crippen molar-refractivity contribution in [3.63, 3.8) is 0 Å². The molecule has 6 heteroatoms. The first-order valence-electron chi connectivity index (χ1n) is 7.10. The third-order valence-electron chi connectivity index (χ3n) is 3.92. The Hall–Kier alpha value is -2.47. The van der Waals surface area contributed by atoms with E-state index in [9.17, 15) is 13.2 Å². The Balaban J connectivity index is 1.94. The van der Waals surface area contributed by atoms with E-state index in [4.69, 9.17) is 4.74 Å². The fourth-order valence-corrected chi connectivity index (χ4v) is 3.46. The fourth-order valence-electron chi connectivity index (χ4n) is 2.75. The van der Waals surface area contributed by atoms with Gasteiger partial charge in [0.05, 0.1) is 10.5 Å².